The number of nitrogens with two attached hydrogens (primary N) is 1. The van der Waals surface area contributed by atoms with E-state index in [1.165, 1.54) is 12.8 Å². The summed E-state index contributed by atoms with van der Waals surface area (Å²) in [6, 6.07) is 0. The lowest BCUT2D eigenvalue weighted by Crippen LogP contribution is -2.47. The predicted molar refractivity (Wildman–Crippen MR) is 31.0 cm³/mol. The molecule has 0 saturated heterocycles. The molecule has 0 aromatic carbocycles. The first-order chi connectivity index (χ1) is 3.10. The van der Waals surface area contributed by atoms with Crippen molar-refractivity contribution in [1.82, 2.24) is 0 Å². The fourth-order valence-corrected chi connectivity index (χ4v) is 1.53. The van der Waals surface area contributed by atoms with E-state index in [0.717, 1.165) is 5.92 Å². The standard InChI is InChI=1S/C6H13N/c1-5-3-6(2,7)4-5/h5H,3-4,7H2,1-2H3/t5-,6-. The molecular weight excluding hydrogens is 86.1 g/mol. The maximum atomic E-state index is 5.71. The highest BCUT2D eigenvalue weighted by Crippen LogP contribution is 2.34. The van der Waals surface area contributed by atoms with Crippen LogP contribution in [0.5, 0.6) is 0 Å². The van der Waals surface area contributed by atoms with Gasteiger partial charge >= 0.3 is 0 Å². The summed E-state index contributed by atoms with van der Waals surface area (Å²) in [5.41, 5.74) is 5.91. The third kappa shape index (κ3) is 0.942. The Morgan fingerprint density at radius 3 is 2.00 bits per heavy atom. The highest BCUT2D eigenvalue weighted by atomic mass is 14.8. The average Bonchev–Trinajstić information content (AvgIpc) is 1.27. The molecule has 0 bridgehead atoms. The van der Waals surface area contributed by atoms with Gasteiger partial charge in [-0.1, -0.05) is 6.92 Å². The van der Waals surface area contributed by atoms with Crippen molar-refractivity contribution in [3.63, 3.8) is 0 Å². The Kier molecular flexibility index (Phi) is 0.890. The minimum Gasteiger partial charge on any atom is -0.325 e. The van der Waals surface area contributed by atoms with Crippen molar-refractivity contribution in [2.45, 2.75) is 32.2 Å². The Hall–Kier alpha value is -0.0400. The normalized spacial score (nSPS) is 51.0. The third-order valence-electron chi connectivity index (χ3n) is 1.63. The minimum absolute atomic E-state index is 0.194. The molecule has 0 heterocycles. The Bertz CT molecular complexity index is 68.2. The average molecular weight is 99.2 g/mol. The van der Waals surface area contributed by atoms with Crippen LogP contribution in [0.4, 0.5) is 0 Å². The van der Waals surface area contributed by atoms with E-state index in [0.29, 0.717) is 0 Å². The molecule has 0 aromatic heterocycles. The molecular formula is C6H13N. The summed E-state index contributed by atoms with van der Waals surface area (Å²) in [5, 5.41) is 0. The van der Waals surface area contributed by atoms with Gasteiger partial charge in [0.15, 0.2) is 0 Å². The van der Waals surface area contributed by atoms with Gasteiger partial charge in [-0.15, -0.1) is 0 Å². The Balaban J connectivity index is 2.29. The molecule has 1 nitrogen and oxygen atoms in total. The van der Waals surface area contributed by atoms with Crippen LogP contribution in [0, 0.1) is 5.92 Å². The van der Waals surface area contributed by atoms with Gasteiger partial charge in [-0.2, -0.15) is 0 Å². The Morgan fingerprint density at radius 1 is 1.57 bits per heavy atom. The van der Waals surface area contributed by atoms with Crippen LogP contribution >= 0.6 is 0 Å². The molecule has 0 spiro atoms. The van der Waals surface area contributed by atoms with Crippen LogP contribution < -0.4 is 5.73 Å². The molecule has 0 unspecified atom stereocenters. The van der Waals surface area contributed by atoms with Gasteiger partial charge in [-0.3, -0.25) is 0 Å². The van der Waals surface area contributed by atoms with Crippen LogP contribution in [0.2, 0.25) is 0 Å². The zero-order valence-electron chi connectivity index (χ0n) is 5.07. The van der Waals surface area contributed by atoms with Gasteiger partial charge in [0, 0.05) is 5.54 Å². The lowest BCUT2D eigenvalue weighted by atomic mass is 9.71. The molecule has 2 N–H and O–H groups in total. The zero-order chi connectivity index (χ0) is 5.49. The second-order valence-corrected chi connectivity index (χ2v) is 3.17. The highest BCUT2D eigenvalue weighted by Gasteiger charge is 2.32. The predicted octanol–water partition coefficient (Wildman–Crippen LogP) is 1.13. The molecule has 1 fully saturated rings. The van der Waals surface area contributed by atoms with E-state index in [1.807, 2.05) is 0 Å². The first-order valence-electron chi connectivity index (χ1n) is 2.89. The van der Waals surface area contributed by atoms with E-state index < -0.39 is 0 Å². The van der Waals surface area contributed by atoms with Gasteiger partial charge in [0.25, 0.3) is 0 Å². The van der Waals surface area contributed by atoms with E-state index in [-0.39, 0.29) is 5.54 Å². The maximum Gasteiger partial charge on any atom is 0.0131 e. The summed E-state index contributed by atoms with van der Waals surface area (Å²) < 4.78 is 0. The first-order valence-corrected chi connectivity index (χ1v) is 2.89. The fraction of sp³-hybridized carbons (Fsp3) is 1.00. The number of rotatable bonds is 0. The van der Waals surface area contributed by atoms with Crippen LogP contribution in [0.15, 0.2) is 0 Å². The first kappa shape index (κ1) is 5.10. The SMILES string of the molecule is C[C@H]1C[C@](C)(N)C1. The van der Waals surface area contributed by atoms with Gasteiger partial charge in [-0.05, 0) is 25.7 Å². The molecule has 0 aromatic rings. The Labute approximate surface area is 44.9 Å². The molecule has 7 heavy (non-hydrogen) atoms. The quantitative estimate of drug-likeness (QED) is 0.484. The summed E-state index contributed by atoms with van der Waals surface area (Å²) >= 11 is 0. The molecule has 1 aliphatic rings. The maximum absolute atomic E-state index is 5.71. The molecule has 42 valence electrons. The third-order valence-corrected chi connectivity index (χ3v) is 1.63. The van der Waals surface area contributed by atoms with Gasteiger partial charge in [0.05, 0.1) is 0 Å². The number of hydrogen-bond donors (Lipinski definition) is 1. The van der Waals surface area contributed by atoms with Crippen molar-refractivity contribution in [2.24, 2.45) is 11.7 Å². The molecule has 1 heteroatoms. The molecule has 1 saturated carbocycles. The summed E-state index contributed by atoms with van der Waals surface area (Å²) in [7, 11) is 0. The van der Waals surface area contributed by atoms with Gasteiger partial charge in [0.1, 0.15) is 0 Å². The largest absolute Gasteiger partial charge is 0.325 e. The molecule has 1 rings (SSSR count). The molecule has 0 radical (unpaired) electrons. The van der Waals surface area contributed by atoms with E-state index in [9.17, 15) is 0 Å². The monoisotopic (exact) mass is 99.1 g/mol. The smallest absolute Gasteiger partial charge is 0.0131 e. The summed E-state index contributed by atoms with van der Waals surface area (Å²) in [6.07, 6.45) is 2.43. The van der Waals surface area contributed by atoms with Crippen LogP contribution in [-0.4, -0.2) is 5.54 Å². The van der Waals surface area contributed by atoms with Crippen molar-refractivity contribution in [3.05, 3.63) is 0 Å². The topological polar surface area (TPSA) is 26.0 Å². The van der Waals surface area contributed by atoms with E-state index in [1.54, 1.807) is 0 Å². The minimum atomic E-state index is 0.194. The molecule has 1 aliphatic carbocycles. The lowest BCUT2D eigenvalue weighted by molar-refractivity contribution is 0.184. The van der Waals surface area contributed by atoms with Crippen molar-refractivity contribution >= 4 is 0 Å². The number of hydrogen-bond acceptors (Lipinski definition) is 1. The lowest BCUT2D eigenvalue weighted by Gasteiger charge is -2.40. The van der Waals surface area contributed by atoms with Crippen LogP contribution in [0.25, 0.3) is 0 Å². The van der Waals surface area contributed by atoms with E-state index in [2.05, 4.69) is 13.8 Å². The fourth-order valence-electron chi connectivity index (χ4n) is 1.53. The zero-order valence-corrected chi connectivity index (χ0v) is 5.07. The van der Waals surface area contributed by atoms with Crippen LogP contribution in [-0.2, 0) is 0 Å². The van der Waals surface area contributed by atoms with E-state index >= 15 is 0 Å². The van der Waals surface area contributed by atoms with E-state index in [4.69, 9.17) is 5.73 Å². The Morgan fingerprint density at radius 2 is 2.00 bits per heavy atom. The summed E-state index contributed by atoms with van der Waals surface area (Å²) in [4.78, 5) is 0. The van der Waals surface area contributed by atoms with Crippen molar-refractivity contribution < 1.29 is 0 Å². The highest BCUT2D eigenvalue weighted by molar-refractivity contribution is 4.91. The van der Waals surface area contributed by atoms with Gasteiger partial charge in [-0.25, -0.2) is 0 Å². The second-order valence-electron chi connectivity index (χ2n) is 3.17. The van der Waals surface area contributed by atoms with Gasteiger partial charge < -0.3 is 5.73 Å². The van der Waals surface area contributed by atoms with Crippen molar-refractivity contribution in [2.75, 3.05) is 0 Å². The summed E-state index contributed by atoms with van der Waals surface area (Å²) in [6.45, 7) is 4.36. The van der Waals surface area contributed by atoms with Crippen LogP contribution in [0.3, 0.4) is 0 Å². The summed E-state index contributed by atoms with van der Waals surface area (Å²) in [5.74, 6) is 0.884. The second kappa shape index (κ2) is 1.22. The van der Waals surface area contributed by atoms with Crippen molar-refractivity contribution in [3.8, 4) is 0 Å². The molecule has 0 amide bonds. The molecule has 0 aliphatic heterocycles. The van der Waals surface area contributed by atoms with Crippen LogP contribution in [0.1, 0.15) is 26.7 Å². The molecule has 0 atom stereocenters. The van der Waals surface area contributed by atoms with Crippen molar-refractivity contribution in [1.29, 1.82) is 0 Å². The van der Waals surface area contributed by atoms with Gasteiger partial charge in [0.2, 0.25) is 0 Å².